The first-order valence-corrected chi connectivity index (χ1v) is 7.69. The van der Waals surface area contributed by atoms with Crippen LogP contribution >= 0.6 is 11.6 Å². The van der Waals surface area contributed by atoms with Crippen LogP contribution in [0.3, 0.4) is 0 Å². The molecule has 1 amide bonds. The van der Waals surface area contributed by atoms with Gasteiger partial charge in [-0.15, -0.1) is 0 Å². The molecule has 1 N–H and O–H groups in total. The van der Waals surface area contributed by atoms with E-state index in [1.54, 1.807) is 31.2 Å². The molecule has 2 aromatic carbocycles. The van der Waals surface area contributed by atoms with Crippen LogP contribution in [0.25, 0.3) is 0 Å². The van der Waals surface area contributed by atoms with Crippen LogP contribution in [0.5, 0.6) is 5.75 Å². The quantitative estimate of drug-likeness (QED) is 0.873. The molecule has 116 valence electrons. The molecule has 0 saturated heterocycles. The molecule has 0 unspecified atom stereocenters. The standard InChI is InChI=1S/C18H20ClNO2/c1-13(15-7-4-3-5-8-15)12-20-18(21)14(2)22-17-10-6-9-16(19)11-17/h3-11,13-14H,12H2,1-2H3,(H,20,21)/t13-,14-/m1/s1. The zero-order valence-corrected chi connectivity index (χ0v) is 13.5. The van der Waals surface area contributed by atoms with Gasteiger partial charge in [-0.1, -0.05) is 54.9 Å². The number of nitrogens with one attached hydrogen (secondary N) is 1. The maximum Gasteiger partial charge on any atom is 0.260 e. The lowest BCUT2D eigenvalue weighted by Crippen LogP contribution is -2.38. The Morgan fingerprint density at radius 1 is 1.14 bits per heavy atom. The van der Waals surface area contributed by atoms with Gasteiger partial charge in [0.05, 0.1) is 0 Å². The van der Waals surface area contributed by atoms with Crippen molar-refractivity contribution in [3.05, 3.63) is 65.2 Å². The van der Waals surface area contributed by atoms with Crippen LogP contribution in [0.1, 0.15) is 25.3 Å². The first kappa shape index (κ1) is 16.4. The molecular formula is C18H20ClNO2. The number of halogens is 1. The highest BCUT2D eigenvalue weighted by molar-refractivity contribution is 6.30. The van der Waals surface area contributed by atoms with Gasteiger partial charge in [0.1, 0.15) is 5.75 Å². The highest BCUT2D eigenvalue weighted by Gasteiger charge is 2.15. The molecule has 2 rings (SSSR count). The highest BCUT2D eigenvalue weighted by Crippen LogP contribution is 2.18. The van der Waals surface area contributed by atoms with Crippen LogP contribution in [0.2, 0.25) is 5.02 Å². The minimum Gasteiger partial charge on any atom is -0.481 e. The van der Waals surface area contributed by atoms with Crippen LogP contribution < -0.4 is 10.1 Å². The second-order valence-corrected chi connectivity index (χ2v) is 5.71. The predicted molar refractivity (Wildman–Crippen MR) is 89.4 cm³/mol. The summed E-state index contributed by atoms with van der Waals surface area (Å²) in [7, 11) is 0. The molecule has 0 saturated carbocycles. The number of hydrogen-bond acceptors (Lipinski definition) is 2. The number of ether oxygens (including phenoxy) is 1. The van der Waals surface area contributed by atoms with Gasteiger partial charge in [-0.05, 0) is 36.6 Å². The van der Waals surface area contributed by atoms with Crippen LogP contribution in [0.4, 0.5) is 0 Å². The molecule has 0 radical (unpaired) electrons. The van der Waals surface area contributed by atoms with Crippen LogP contribution in [-0.2, 0) is 4.79 Å². The van der Waals surface area contributed by atoms with Gasteiger partial charge in [-0.25, -0.2) is 0 Å². The van der Waals surface area contributed by atoms with E-state index in [1.807, 2.05) is 18.2 Å². The van der Waals surface area contributed by atoms with Gasteiger partial charge in [-0.2, -0.15) is 0 Å². The highest BCUT2D eigenvalue weighted by atomic mass is 35.5. The summed E-state index contributed by atoms with van der Waals surface area (Å²) in [6.07, 6.45) is -0.568. The summed E-state index contributed by atoms with van der Waals surface area (Å²) in [5, 5.41) is 3.50. The Labute approximate surface area is 136 Å². The number of hydrogen-bond donors (Lipinski definition) is 1. The SMILES string of the molecule is C[C@H](CNC(=O)[C@@H](C)Oc1cccc(Cl)c1)c1ccccc1. The molecule has 0 aliphatic carbocycles. The number of rotatable bonds is 6. The van der Waals surface area contributed by atoms with Gasteiger partial charge in [0.15, 0.2) is 6.10 Å². The molecule has 0 heterocycles. The molecule has 2 aromatic rings. The number of benzene rings is 2. The Bertz CT molecular complexity index is 615. The van der Waals surface area contributed by atoms with Crippen LogP contribution in [0, 0.1) is 0 Å². The van der Waals surface area contributed by atoms with E-state index >= 15 is 0 Å². The molecular weight excluding hydrogens is 298 g/mol. The average Bonchev–Trinajstić information content (AvgIpc) is 2.53. The van der Waals surface area contributed by atoms with Gasteiger partial charge in [0, 0.05) is 11.6 Å². The van der Waals surface area contributed by atoms with E-state index in [4.69, 9.17) is 16.3 Å². The summed E-state index contributed by atoms with van der Waals surface area (Å²) in [5.41, 5.74) is 1.20. The number of carbonyl (C=O) groups is 1. The van der Waals surface area contributed by atoms with E-state index in [0.717, 1.165) is 0 Å². The summed E-state index contributed by atoms with van der Waals surface area (Å²) >= 11 is 5.90. The smallest absolute Gasteiger partial charge is 0.260 e. The van der Waals surface area contributed by atoms with Crippen molar-refractivity contribution in [3.8, 4) is 5.75 Å². The second kappa shape index (κ2) is 7.85. The van der Waals surface area contributed by atoms with E-state index in [9.17, 15) is 4.79 Å². The summed E-state index contributed by atoms with van der Waals surface area (Å²) in [6.45, 7) is 4.38. The molecule has 22 heavy (non-hydrogen) atoms. The Hall–Kier alpha value is -2.00. The lowest BCUT2D eigenvalue weighted by atomic mass is 10.0. The zero-order chi connectivity index (χ0) is 15.9. The van der Waals surface area contributed by atoms with Gasteiger partial charge < -0.3 is 10.1 Å². The first-order valence-electron chi connectivity index (χ1n) is 7.31. The maximum atomic E-state index is 12.1. The molecule has 0 fully saturated rings. The maximum absolute atomic E-state index is 12.1. The zero-order valence-electron chi connectivity index (χ0n) is 12.8. The van der Waals surface area contributed by atoms with Crippen molar-refractivity contribution >= 4 is 17.5 Å². The molecule has 0 bridgehead atoms. The fourth-order valence-electron chi connectivity index (χ4n) is 2.09. The van der Waals surface area contributed by atoms with Gasteiger partial charge >= 0.3 is 0 Å². The predicted octanol–water partition coefficient (Wildman–Crippen LogP) is 4.03. The van der Waals surface area contributed by atoms with E-state index in [-0.39, 0.29) is 11.8 Å². The molecule has 0 aromatic heterocycles. The van der Waals surface area contributed by atoms with Crippen molar-refractivity contribution in [2.24, 2.45) is 0 Å². The Kier molecular flexibility index (Phi) is 5.84. The second-order valence-electron chi connectivity index (χ2n) is 5.27. The fourth-order valence-corrected chi connectivity index (χ4v) is 2.28. The molecule has 2 atom stereocenters. The minimum atomic E-state index is -0.568. The fraction of sp³-hybridized carbons (Fsp3) is 0.278. The van der Waals surface area contributed by atoms with Crippen molar-refractivity contribution in [2.45, 2.75) is 25.9 Å². The monoisotopic (exact) mass is 317 g/mol. The van der Waals surface area contributed by atoms with Crippen molar-refractivity contribution in [1.82, 2.24) is 5.32 Å². The van der Waals surface area contributed by atoms with E-state index < -0.39 is 6.10 Å². The van der Waals surface area contributed by atoms with E-state index in [0.29, 0.717) is 17.3 Å². The van der Waals surface area contributed by atoms with Crippen molar-refractivity contribution in [1.29, 1.82) is 0 Å². The van der Waals surface area contributed by atoms with E-state index in [2.05, 4.69) is 24.4 Å². The van der Waals surface area contributed by atoms with Crippen molar-refractivity contribution < 1.29 is 9.53 Å². The molecule has 4 heteroatoms. The third kappa shape index (κ3) is 4.78. The van der Waals surface area contributed by atoms with Crippen LogP contribution in [0.15, 0.2) is 54.6 Å². The van der Waals surface area contributed by atoms with Crippen molar-refractivity contribution in [3.63, 3.8) is 0 Å². The topological polar surface area (TPSA) is 38.3 Å². The Balaban J connectivity index is 1.84. The normalized spacial score (nSPS) is 13.2. The molecule has 0 aliphatic rings. The average molecular weight is 318 g/mol. The van der Waals surface area contributed by atoms with Gasteiger partial charge in [0.25, 0.3) is 5.91 Å². The summed E-state index contributed by atoms with van der Waals surface area (Å²) in [5.74, 6) is 0.706. The summed E-state index contributed by atoms with van der Waals surface area (Å²) < 4.78 is 5.60. The first-order chi connectivity index (χ1) is 10.6. The molecule has 3 nitrogen and oxygen atoms in total. The third-order valence-electron chi connectivity index (χ3n) is 3.43. The lowest BCUT2D eigenvalue weighted by molar-refractivity contribution is -0.127. The van der Waals surface area contributed by atoms with Gasteiger partial charge in [-0.3, -0.25) is 4.79 Å². The van der Waals surface area contributed by atoms with Gasteiger partial charge in [0.2, 0.25) is 0 Å². The lowest BCUT2D eigenvalue weighted by Gasteiger charge is -2.17. The van der Waals surface area contributed by atoms with E-state index in [1.165, 1.54) is 5.56 Å². The number of amides is 1. The molecule has 0 aliphatic heterocycles. The van der Waals surface area contributed by atoms with Crippen molar-refractivity contribution in [2.75, 3.05) is 6.54 Å². The number of carbonyl (C=O) groups excluding carboxylic acids is 1. The van der Waals surface area contributed by atoms with Crippen LogP contribution in [-0.4, -0.2) is 18.6 Å². The Morgan fingerprint density at radius 2 is 1.86 bits per heavy atom. The Morgan fingerprint density at radius 3 is 2.55 bits per heavy atom. The summed E-state index contributed by atoms with van der Waals surface area (Å²) in [6, 6.07) is 17.1. The third-order valence-corrected chi connectivity index (χ3v) is 3.66. The summed E-state index contributed by atoms with van der Waals surface area (Å²) in [4.78, 5) is 12.1. The minimum absolute atomic E-state index is 0.136. The molecule has 0 spiro atoms. The largest absolute Gasteiger partial charge is 0.481 e.